The largest absolute Gasteiger partial charge is 0.359 e. The fourth-order valence-corrected chi connectivity index (χ4v) is 3.92. The molecule has 5 nitrogen and oxygen atoms in total. The summed E-state index contributed by atoms with van der Waals surface area (Å²) in [6, 6.07) is 7.41. The van der Waals surface area contributed by atoms with Crippen LogP contribution < -0.4 is 5.32 Å². The molecule has 0 saturated carbocycles. The lowest BCUT2D eigenvalue weighted by molar-refractivity contribution is -0.113. The number of carbonyl (C=O) groups is 1. The molecule has 0 unspecified atom stereocenters. The van der Waals surface area contributed by atoms with Gasteiger partial charge in [0.1, 0.15) is 5.75 Å². The predicted octanol–water partition coefficient (Wildman–Crippen LogP) is 2.49. The van der Waals surface area contributed by atoms with Crippen molar-refractivity contribution in [2.24, 2.45) is 5.92 Å². The number of fused-ring (bicyclic) bond motifs is 1. The lowest BCUT2D eigenvalue weighted by atomic mass is 10.2. The maximum absolute atomic E-state index is 11.9. The minimum atomic E-state index is -3.36. The van der Waals surface area contributed by atoms with Crippen LogP contribution in [0.2, 0.25) is 0 Å². The molecule has 1 amide bonds. The molecule has 1 heterocycles. The zero-order valence-electron chi connectivity index (χ0n) is 12.4. The molecule has 114 valence electrons. The fourth-order valence-electron chi connectivity index (χ4n) is 2.32. The van der Waals surface area contributed by atoms with Gasteiger partial charge in [0.2, 0.25) is 5.91 Å². The van der Waals surface area contributed by atoms with Crippen molar-refractivity contribution in [1.82, 2.24) is 4.98 Å². The SMILES string of the molecule is Cc1cc2cc(NC(=O)CS(=O)(=O)CC(C)C)ccc2[nH]1. The number of anilines is 1. The van der Waals surface area contributed by atoms with Gasteiger partial charge in [-0.05, 0) is 37.1 Å². The first-order valence-electron chi connectivity index (χ1n) is 6.85. The molecule has 0 saturated heterocycles. The molecular weight excluding hydrogens is 288 g/mol. The first-order valence-corrected chi connectivity index (χ1v) is 8.67. The minimum Gasteiger partial charge on any atom is -0.359 e. The molecule has 2 rings (SSSR count). The van der Waals surface area contributed by atoms with Crippen LogP contribution >= 0.6 is 0 Å². The van der Waals surface area contributed by atoms with E-state index in [1.54, 1.807) is 6.07 Å². The molecule has 21 heavy (non-hydrogen) atoms. The Morgan fingerprint density at radius 2 is 2.00 bits per heavy atom. The summed E-state index contributed by atoms with van der Waals surface area (Å²) in [7, 11) is -3.36. The summed E-state index contributed by atoms with van der Waals surface area (Å²) in [4.78, 5) is 15.0. The summed E-state index contributed by atoms with van der Waals surface area (Å²) < 4.78 is 23.6. The van der Waals surface area contributed by atoms with E-state index in [-0.39, 0.29) is 11.7 Å². The molecule has 0 aliphatic carbocycles. The average molecular weight is 308 g/mol. The number of sulfone groups is 1. The number of aryl methyl sites for hydroxylation is 1. The van der Waals surface area contributed by atoms with Crippen molar-refractivity contribution < 1.29 is 13.2 Å². The number of hydrogen-bond donors (Lipinski definition) is 2. The zero-order chi connectivity index (χ0) is 15.6. The molecule has 1 aromatic carbocycles. The number of aromatic nitrogens is 1. The molecule has 0 aliphatic heterocycles. The summed E-state index contributed by atoms with van der Waals surface area (Å²) in [5.41, 5.74) is 2.62. The number of rotatable bonds is 5. The number of nitrogens with one attached hydrogen (secondary N) is 2. The predicted molar refractivity (Wildman–Crippen MR) is 85.2 cm³/mol. The van der Waals surface area contributed by atoms with Crippen molar-refractivity contribution >= 4 is 32.3 Å². The highest BCUT2D eigenvalue weighted by molar-refractivity contribution is 7.92. The van der Waals surface area contributed by atoms with Crippen LogP contribution in [0.15, 0.2) is 24.3 Å². The number of H-pyrrole nitrogens is 1. The third kappa shape index (κ3) is 4.32. The van der Waals surface area contributed by atoms with E-state index in [1.165, 1.54) is 0 Å². The van der Waals surface area contributed by atoms with E-state index in [2.05, 4.69) is 10.3 Å². The quantitative estimate of drug-likeness (QED) is 0.890. The third-order valence-electron chi connectivity index (χ3n) is 2.98. The van der Waals surface area contributed by atoms with Crippen LogP contribution in [0.3, 0.4) is 0 Å². The number of carbonyl (C=O) groups excluding carboxylic acids is 1. The highest BCUT2D eigenvalue weighted by Gasteiger charge is 2.18. The lowest BCUT2D eigenvalue weighted by Gasteiger charge is -2.08. The number of hydrogen-bond acceptors (Lipinski definition) is 3. The van der Waals surface area contributed by atoms with E-state index in [4.69, 9.17) is 0 Å². The Kier molecular flexibility index (Phi) is 4.37. The van der Waals surface area contributed by atoms with Crippen LogP contribution in [0.1, 0.15) is 19.5 Å². The molecule has 0 atom stereocenters. The van der Waals surface area contributed by atoms with E-state index < -0.39 is 21.5 Å². The van der Waals surface area contributed by atoms with Crippen molar-refractivity contribution in [2.45, 2.75) is 20.8 Å². The first kappa shape index (κ1) is 15.6. The second-order valence-electron chi connectivity index (χ2n) is 5.75. The Morgan fingerprint density at radius 3 is 2.67 bits per heavy atom. The van der Waals surface area contributed by atoms with Crippen molar-refractivity contribution in [1.29, 1.82) is 0 Å². The van der Waals surface area contributed by atoms with Crippen molar-refractivity contribution in [3.8, 4) is 0 Å². The number of benzene rings is 1. The van der Waals surface area contributed by atoms with Crippen LogP contribution in [-0.4, -0.2) is 30.8 Å². The molecule has 0 bridgehead atoms. The highest BCUT2D eigenvalue weighted by atomic mass is 32.2. The molecule has 2 aromatic rings. The average Bonchev–Trinajstić information content (AvgIpc) is 2.65. The third-order valence-corrected chi connectivity index (χ3v) is 4.85. The van der Waals surface area contributed by atoms with Crippen molar-refractivity contribution in [2.75, 3.05) is 16.8 Å². The van der Waals surface area contributed by atoms with Gasteiger partial charge in [-0.25, -0.2) is 8.42 Å². The van der Waals surface area contributed by atoms with Crippen LogP contribution in [0.25, 0.3) is 10.9 Å². The Bertz CT molecular complexity index is 760. The zero-order valence-corrected chi connectivity index (χ0v) is 13.3. The minimum absolute atomic E-state index is 0.0157. The van der Waals surface area contributed by atoms with Crippen LogP contribution in [0.5, 0.6) is 0 Å². The van der Waals surface area contributed by atoms with Gasteiger partial charge in [-0.15, -0.1) is 0 Å². The maximum Gasteiger partial charge on any atom is 0.239 e. The first-order chi connectivity index (χ1) is 9.75. The molecule has 0 radical (unpaired) electrons. The smallest absolute Gasteiger partial charge is 0.239 e. The number of amides is 1. The molecule has 0 aliphatic rings. The van der Waals surface area contributed by atoms with E-state index in [1.807, 2.05) is 39.0 Å². The second kappa shape index (κ2) is 5.89. The maximum atomic E-state index is 11.9. The van der Waals surface area contributed by atoms with Crippen molar-refractivity contribution in [3.05, 3.63) is 30.0 Å². The van der Waals surface area contributed by atoms with Crippen LogP contribution in [0.4, 0.5) is 5.69 Å². The lowest BCUT2D eigenvalue weighted by Crippen LogP contribution is -2.26. The summed E-state index contributed by atoms with van der Waals surface area (Å²) in [6.45, 7) is 5.59. The monoisotopic (exact) mass is 308 g/mol. The van der Waals surface area contributed by atoms with E-state index in [0.29, 0.717) is 5.69 Å². The highest BCUT2D eigenvalue weighted by Crippen LogP contribution is 2.19. The summed E-state index contributed by atoms with van der Waals surface area (Å²) in [5.74, 6) is -0.935. The normalized spacial score (nSPS) is 12.0. The Morgan fingerprint density at radius 1 is 1.29 bits per heavy atom. The molecule has 6 heteroatoms. The van der Waals surface area contributed by atoms with Gasteiger partial charge in [0.05, 0.1) is 5.75 Å². The Balaban J connectivity index is 2.07. The topological polar surface area (TPSA) is 79.0 Å². The Hall–Kier alpha value is -1.82. The van der Waals surface area contributed by atoms with Gasteiger partial charge in [0.15, 0.2) is 9.84 Å². The standard InChI is InChI=1S/C15H20N2O3S/c1-10(2)8-21(19,20)9-15(18)17-13-4-5-14-12(7-13)6-11(3)16-14/h4-7,10,16H,8-9H2,1-3H3,(H,17,18). The van der Waals surface area contributed by atoms with E-state index in [9.17, 15) is 13.2 Å². The molecule has 0 fully saturated rings. The second-order valence-corrected chi connectivity index (χ2v) is 7.86. The van der Waals surface area contributed by atoms with Gasteiger partial charge in [-0.2, -0.15) is 0 Å². The molecule has 0 spiro atoms. The summed E-state index contributed by atoms with van der Waals surface area (Å²) >= 11 is 0. The van der Waals surface area contributed by atoms with E-state index >= 15 is 0 Å². The van der Waals surface area contributed by atoms with Gasteiger partial charge < -0.3 is 10.3 Å². The molecule has 2 N–H and O–H groups in total. The van der Waals surface area contributed by atoms with E-state index in [0.717, 1.165) is 16.6 Å². The Labute approximate surface area is 124 Å². The van der Waals surface area contributed by atoms with Gasteiger partial charge in [0, 0.05) is 22.3 Å². The molecular formula is C15H20N2O3S. The van der Waals surface area contributed by atoms with Gasteiger partial charge in [-0.3, -0.25) is 4.79 Å². The van der Waals surface area contributed by atoms with Crippen LogP contribution in [0, 0.1) is 12.8 Å². The van der Waals surface area contributed by atoms with Crippen LogP contribution in [-0.2, 0) is 14.6 Å². The summed E-state index contributed by atoms with van der Waals surface area (Å²) in [6.07, 6.45) is 0. The van der Waals surface area contributed by atoms with Crippen molar-refractivity contribution in [3.63, 3.8) is 0 Å². The van der Waals surface area contributed by atoms with Gasteiger partial charge >= 0.3 is 0 Å². The number of aromatic amines is 1. The summed E-state index contributed by atoms with van der Waals surface area (Å²) in [5, 5.41) is 3.62. The van der Waals surface area contributed by atoms with Gasteiger partial charge in [0.25, 0.3) is 0 Å². The molecule has 1 aromatic heterocycles. The van der Waals surface area contributed by atoms with Gasteiger partial charge in [-0.1, -0.05) is 13.8 Å². The fraction of sp³-hybridized carbons (Fsp3) is 0.400.